The van der Waals surface area contributed by atoms with Crippen LogP contribution in [0.4, 0.5) is 0 Å². The van der Waals surface area contributed by atoms with Gasteiger partial charge in [-0.2, -0.15) is 0 Å². The number of hydrogen-bond donors (Lipinski definition) is 1. The molecule has 1 aromatic heterocycles. The summed E-state index contributed by atoms with van der Waals surface area (Å²) in [6.07, 6.45) is 11.5. The number of nitrogens with one attached hydrogen (secondary N) is 1. The molecule has 0 unspecified atom stereocenters. The van der Waals surface area contributed by atoms with Gasteiger partial charge in [-0.25, -0.2) is 0 Å². The van der Waals surface area contributed by atoms with E-state index in [4.69, 9.17) is 0 Å². The molecule has 0 aliphatic carbocycles. The quantitative estimate of drug-likeness (QED) is 0.623. The molecule has 0 saturated carbocycles. The molecular weight excluding hydrogens is 256 g/mol. The van der Waals surface area contributed by atoms with Gasteiger partial charge in [0.1, 0.15) is 0 Å². The summed E-state index contributed by atoms with van der Waals surface area (Å²) in [7, 11) is 2.03. The number of benzene rings is 1. The van der Waals surface area contributed by atoms with Gasteiger partial charge in [-0.15, -0.1) is 0 Å². The van der Waals surface area contributed by atoms with Crippen LogP contribution in [0, 0.1) is 0 Å². The van der Waals surface area contributed by atoms with E-state index < -0.39 is 0 Å². The second-order valence-corrected chi connectivity index (χ2v) is 5.99. The van der Waals surface area contributed by atoms with Crippen molar-refractivity contribution in [2.75, 3.05) is 13.6 Å². The summed E-state index contributed by atoms with van der Waals surface area (Å²) in [5.41, 5.74) is 2.92. The Labute approximate surface area is 129 Å². The third kappa shape index (κ3) is 4.60. The molecule has 0 radical (unpaired) electrons. The van der Waals surface area contributed by atoms with Crippen LogP contribution in [0.2, 0.25) is 0 Å². The zero-order valence-corrected chi connectivity index (χ0v) is 13.7. The van der Waals surface area contributed by atoms with E-state index in [-0.39, 0.29) is 0 Å². The van der Waals surface area contributed by atoms with Gasteiger partial charge in [-0.3, -0.25) is 0 Å². The lowest BCUT2D eigenvalue weighted by Crippen LogP contribution is -2.08. The van der Waals surface area contributed by atoms with E-state index in [1.165, 1.54) is 61.4 Å². The average molecular weight is 286 g/mol. The molecule has 0 aliphatic heterocycles. The Hall–Kier alpha value is -1.28. The first kappa shape index (κ1) is 16.1. The minimum absolute atomic E-state index is 1.09. The van der Waals surface area contributed by atoms with Crippen LogP contribution in [0.25, 0.3) is 10.9 Å². The number of rotatable bonds is 10. The highest BCUT2D eigenvalue weighted by molar-refractivity contribution is 5.83. The Morgan fingerprint density at radius 2 is 1.81 bits per heavy atom. The Morgan fingerprint density at radius 1 is 1.00 bits per heavy atom. The van der Waals surface area contributed by atoms with Crippen LogP contribution in [0.15, 0.2) is 30.5 Å². The normalized spacial score (nSPS) is 11.3. The summed E-state index contributed by atoms with van der Waals surface area (Å²) in [6.45, 7) is 4.53. The van der Waals surface area contributed by atoms with E-state index in [2.05, 4.69) is 47.3 Å². The van der Waals surface area contributed by atoms with Gasteiger partial charge in [0.05, 0.1) is 0 Å². The lowest BCUT2D eigenvalue weighted by atomic mass is 10.1. The molecule has 0 fully saturated rings. The maximum absolute atomic E-state index is 3.24. The number of hydrogen-bond acceptors (Lipinski definition) is 1. The number of aryl methyl sites for hydroxylation is 2. The van der Waals surface area contributed by atoms with Gasteiger partial charge in [0, 0.05) is 23.6 Å². The molecule has 116 valence electrons. The van der Waals surface area contributed by atoms with Gasteiger partial charge in [-0.05, 0) is 44.5 Å². The molecule has 0 bridgehead atoms. The predicted octanol–water partition coefficient (Wildman–Crippen LogP) is 4.76. The molecule has 2 heteroatoms. The van der Waals surface area contributed by atoms with E-state index in [0.29, 0.717) is 0 Å². The Balaban J connectivity index is 2.01. The highest BCUT2D eigenvalue weighted by atomic mass is 15.0. The van der Waals surface area contributed by atoms with Crippen molar-refractivity contribution in [1.29, 1.82) is 0 Å². The van der Waals surface area contributed by atoms with E-state index in [1.54, 1.807) is 0 Å². The fourth-order valence-corrected chi connectivity index (χ4v) is 3.05. The summed E-state index contributed by atoms with van der Waals surface area (Å²) < 4.78 is 2.47. The summed E-state index contributed by atoms with van der Waals surface area (Å²) >= 11 is 0. The van der Waals surface area contributed by atoms with Crippen molar-refractivity contribution in [2.24, 2.45) is 0 Å². The van der Waals surface area contributed by atoms with Crippen molar-refractivity contribution in [3.05, 3.63) is 36.0 Å². The monoisotopic (exact) mass is 286 g/mol. The first-order valence-electron chi connectivity index (χ1n) is 8.58. The molecule has 2 aromatic rings. The van der Waals surface area contributed by atoms with Gasteiger partial charge < -0.3 is 9.88 Å². The Kier molecular flexibility index (Phi) is 6.81. The molecule has 1 N–H and O–H groups in total. The van der Waals surface area contributed by atoms with Crippen LogP contribution in [0.1, 0.15) is 51.0 Å². The van der Waals surface area contributed by atoms with E-state index in [1.807, 2.05) is 7.05 Å². The highest BCUT2D eigenvalue weighted by Gasteiger charge is 2.07. The van der Waals surface area contributed by atoms with Crippen LogP contribution in [-0.4, -0.2) is 18.2 Å². The zero-order valence-electron chi connectivity index (χ0n) is 13.7. The van der Waals surface area contributed by atoms with Crippen molar-refractivity contribution in [1.82, 2.24) is 9.88 Å². The van der Waals surface area contributed by atoms with Crippen molar-refractivity contribution < 1.29 is 0 Å². The maximum atomic E-state index is 3.24. The van der Waals surface area contributed by atoms with Crippen LogP contribution in [-0.2, 0) is 13.0 Å². The maximum Gasteiger partial charge on any atom is 0.0483 e. The SMILES string of the molecule is CCCCCCCn1cc(CCCNC)c2ccccc21. The second-order valence-electron chi connectivity index (χ2n) is 5.99. The molecule has 0 saturated heterocycles. The number of aromatic nitrogens is 1. The molecule has 0 amide bonds. The molecule has 0 spiro atoms. The van der Waals surface area contributed by atoms with Crippen LogP contribution in [0.3, 0.4) is 0 Å². The average Bonchev–Trinajstić information content (AvgIpc) is 2.86. The largest absolute Gasteiger partial charge is 0.347 e. The van der Waals surface area contributed by atoms with Gasteiger partial charge >= 0.3 is 0 Å². The molecule has 0 atom stereocenters. The number of para-hydroxylation sites is 1. The zero-order chi connectivity index (χ0) is 14.9. The molecule has 0 aliphatic rings. The number of nitrogens with zero attached hydrogens (tertiary/aromatic N) is 1. The minimum Gasteiger partial charge on any atom is -0.347 e. The van der Waals surface area contributed by atoms with E-state index in [9.17, 15) is 0 Å². The van der Waals surface area contributed by atoms with E-state index >= 15 is 0 Å². The Morgan fingerprint density at radius 3 is 2.62 bits per heavy atom. The third-order valence-electron chi connectivity index (χ3n) is 4.25. The minimum atomic E-state index is 1.09. The van der Waals surface area contributed by atoms with Gasteiger partial charge in [0.25, 0.3) is 0 Å². The number of fused-ring (bicyclic) bond motifs is 1. The molecule has 2 nitrogen and oxygen atoms in total. The fourth-order valence-electron chi connectivity index (χ4n) is 3.05. The summed E-state index contributed by atoms with van der Waals surface area (Å²) in [5.74, 6) is 0. The molecule has 2 rings (SSSR count). The van der Waals surface area contributed by atoms with Crippen molar-refractivity contribution in [3.8, 4) is 0 Å². The Bertz CT molecular complexity index is 527. The molecule has 1 heterocycles. The van der Waals surface area contributed by atoms with Crippen LogP contribution < -0.4 is 5.32 Å². The smallest absolute Gasteiger partial charge is 0.0483 e. The molecule has 1 aromatic carbocycles. The first-order valence-corrected chi connectivity index (χ1v) is 8.58. The molecule has 21 heavy (non-hydrogen) atoms. The topological polar surface area (TPSA) is 17.0 Å². The third-order valence-corrected chi connectivity index (χ3v) is 4.25. The lowest BCUT2D eigenvalue weighted by molar-refractivity contribution is 0.576. The molecular formula is C19H30N2. The highest BCUT2D eigenvalue weighted by Crippen LogP contribution is 2.23. The van der Waals surface area contributed by atoms with Crippen LogP contribution in [0.5, 0.6) is 0 Å². The van der Waals surface area contributed by atoms with Crippen molar-refractivity contribution in [2.45, 2.75) is 58.4 Å². The first-order chi connectivity index (χ1) is 10.4. The van der Waals surface area contributed by atoms with Gasteiger partial charge in [-0.1, -0.05) is 50.8 Å². The standard InChI is InChI=1S/C19H30N2/c1-3-4-5-6-9-15-21-16-17(11-10-14-20-2)18-12-7-8-13-19(18)21/h7-8,12-13,16,20H,3-6,9-11,14-15H2,1-2H3. The summed E-state index contributed by atoms with van der Waals surface area (Å²) in [6, 6.07) is 8.86. The summed E-state index contributed by atoms with van der Waals surface area (Å²) in [4.78, 5) is 0. The second kappa shape index (κ2) is 8.89. The van der Waals surface area contributed by atoms with E-state index in [0.717, 1.165) is 13.1 Å². The predicted molar refractivity (Wildman–Crippen MR) is 92.9 cm³/mol. The van der Waals surface area contributed by atoms with Crippen LogP contribution >= 0.6 is 0 Å². The summed E-state index contributed by atoms with van der Waals surface area (Å²) in [5, 5.41) is 4.69. The van der Waals surface area contributed by atoms with Gasteiger partial charge in [0.2, 0.25) is 0 Å². The fraction of sp³-hybridized carbons (Fsp3) is 0.579. The van der Waals surface area contributed by atoms with Gasteiger partial charge in [0.15, 0.2) is 0 Å². The van der Waals surface area contributed by atoms with Crippen molar-refractivity contribution >= 4 is 10.9 Å². The number of unbranched alkanes of at least 4 members (excludes halogenated alkanes) is 4. The lowest BCUT2D eigenvalue weighted by Gasteiger charge is -2.05. The van der Waals surface area contributed by atoms with Crippen molar-refractivity contribution in [3.63, 3.8) is 0 Å².